The lowest BCUT2D eigenvalue weighted by atomic mass is 10.1. The minimum atomic E-state index is -0.224. The highest BCUT2D eigenvalue weighted by molar-refractivity contribution is 5.96. The Hall–Kier alpha value is -1.88. The van der Waals surface area contributed by atoms with Crippen molar-refractivity contribution in [3.63, 3.8) is 0 Å². The Morgan fingerprint density at radius 2 is 2.24 bits per heavy atom. The molecule has 0 spiro atoms. The summed E-state index contributed by atoms with van der Waals surface area (Å²) in [5, 5.41) is 11.6. The molecule has 2 rings (SSSR count). The number of likely N-dealkylation sites (tertiary alicyclic amines) is 1. The van der Waals surface area contributed by atoms with Crippen LogP contribution < -0.4 is 5.32 Å². The predicted octanol–water partition coefficient (Wildman–Crippen LogP) is 0.956. The van der Waals surface area contributed by atoms with Crippen molar-refractivity contribution >= 4 is 11.8 Å². The van der Waals surface area contributed by atoms with Gasteiger partial charge in [0.1, 0.15) is 0 Å². The van der Waals surface area contributed by atoms with E-state index in [9.17, 15) is 9.59 Å². The second-order valence-corrected chi connectivity index (χ2v) is 5.56. The molecule has 2 N–H and O–H groups in total. The minimum absolute atomic E-state index is 0.0264. The first kappa shape index (κ1) is 15.5. The molecule has 0 bridgehead atoms. The smallest absolute Gasteiger partial charge is 0.251 e. The monoisotopic (exact) mass is 290 g/mol. The lowest BCUT2D eigenvalue weighted by Crippen LogP contribution is -2.39. The normalized spacial score (nSPS) is 17.8. The Morgan fingerprint density at radius 1 is 1.43 bits per heavy atom. The molecule has 5 nitrogen and oxygen atoms in total. The maximum absolute atomic E-state index is 12.0. The molecule has 114 valence electrons. The largest absolute Gasteiger partial charge is 0.396 e. The van der Waals surface area contributed by atoms with Crippen molar-refractivity contribution in [3.05, 3.63) is 35.4 Å². The second kappa shape index (κ2) is 7.22. The number of nitrogens with zero attached hydrogens (tertiary/aromatic N) is 1. The van der Waals surface area contributed by atoms with Gasteiger partial charge in [-0.3, -0.25) is 9.59 Å². The lowest BCUT2D eigenvalue weighted by Gasteiger charge is -2.16. The molecule has 1 aliphatic heterocycles. The van der Waals surface area contributed by atoms with Crippen LogP contribution in [-0.2, 0) is 4.79 Å². The van der Waals surface area contributed by atoms with Crippen LogP contribution in [0.1, 0.15) is 28.8 Å². The van der Waals surface area contributed by atoms with Gasteiger partial charge in [0.25, 0.3) is 5.91 Å². The van der Waals surface area contributed by atoms with Crippen molar-refractivity contribution < 1.29 is 14.7 Å². The van der Waals surface area contributed by atoms with Gasteiger partial charge in [0.15, 0.2) is 0 Å². The van der Waals surface area contributed by atoms with Gasteiger partial charge in [-0.1, -0.05) is 17.7 Å². The van der Waals surface area contributed by atoms with Crippen LogP contribution >= 0.6 is 0 Å². The number of nitrogens with one attached hydrogen (secondary N) is 1. The number of aryl methyl sites for hydroxylation is 1. The van der Waals surface area contributed by atoms with Crippen molar-refractivity contribution in [3.8, 4) is 0 Å². The minimum Gasteiger partial charge on any atom is -0.396 e. The van der Waals surface area contributed by atoms with Crippen molar-refractivity contribution in [1.82, 2.24) is 10.2 Å². The van der Waals surface area contributed by atoms with Crippen LogP contribution in [0.25, 0.3) is 0 Å². The molecule has 2 amide bonds. The standard InChI is InChI=1S/C16H22N2O3/c1-12-3-2-4-14(9-12)16(21)17-10-15(20)18-7-5-13(11-18)6-8-19/h2-4,9,13,19H,5-8,10-11H2,1H3,(H,17,21). The molecule has 21 heavy (non-hydrogen) atoms. The summed E-state index contributed by atoms with van der Waals surface area (Å²) in [5.41, 5.74) is 1.59. The predicted molar refractivity (Wildman–Crippen MR) is 79.9 cm³/mol. The van der Waals surface area contributed by atoms with E-state index in [-0.39, 0.29) is 25.0 Å². The summed E-state index contributed by atoms with van der Waals surface area (Å²) in [7, 11) is 0. The summed E-state index contributed by atoms with van der Waals surface area (Å²) in [5.74, 6) is 0.0982. The SMILES string of the molecule is Cc1cccc(C(=O)NCC(=O)N2CCC(CCO)C2)c1. The van der Waals surface area contributed by atoms with E-state index in [1.165, 1.54) is 0 Å². The van der Waals surface area contributed by atoms with E-state index < -0.39 is 0 Å². The summed E-state index contributed by atoms with van der Waals surface area (Å²) >= 11 is 0. The highest BCUT2D eigenvalue weighted by Crippen LogP contribution is 2.18. The van der Waals surface area contributed by atoms with Crippen LogP contribution in [0.5, 0.6) is 0 Å². The molecule has 1 fully saturated rings. The highest BCUT2D eigenvalue weighted by atomic mass is 16.3. The zero-order chi connectivity index (χ0) is 15.2. The van der Waals surface area contributed by atoms with Crippen LogP contribution in [0, 0.1) is 12.8 Å². The van der Waals surface area contributed by atoms with E-state index in [0.29, 0.717) is 24.6 Å². The van der Waals surface area contributed by atoms with Crippen molar-refractivity contribution in [2.75, 3.05) is 26.2 Å². The van der Waals surface area contributed by atoms with E-state index in [2.05, 4.69) is 5.32 Å². The molecule has 1 unspecified atom stereocenters. The molecule has 1 atom stereocenters. The first-order valence-corrected chi connectivity index (χ1v) is 7.33. The second-order valence-electron chi connectivity index (χ2n) is 5.56. The van der Waals surface area contributed by atoms with Crippen LogP contribution in [0.4, 0.5) is 0 Å². The third-order valence-corrected chi connectivity index (χ3v) is 3.86. The van der Waals surface area contributed by atoms with Gasteiger partial charge in [-0.25, -0.2) is 0 Å². The fraction of sp³-hybridized carbons (Fsp3) is 0.500. The van der Waals surface area contributed by atoms with Crippen molar-refractivity contribution in [2.24, 2.45) is 5.92 Å². The molecule has 5 heteroatoms. The van der Waals surface area contributed by atoms with Gasteiger partial charge >= 0.3 is 0 Å². The molecular formula is C16H22N2O3. The fourth-order valence-electron chi connectivity index (χ4n) is 2.63. The third-order valence-electron chi connectivity index (χ3n) is 3.86. The molecule has 0 saturated carbocycles. The Bertz CT molecular complexity index is 516. The van der Waals surface area contributed by atoms with E-state index in [1.54, 1.807) is 17.0 Å². The molecule has 1 aliphatic rings. The molecule has 0 radical (unpaired) electrons. The number of carbonyl (C=O) groups excluding carboxylic acids is 2. The summed E-state index contributed by atoms with van der Waals surface area (Å²) in [6.07, 6.45) is 1.66. The quantitative estimate of drug-likeness (QED) is 0.848. The Morgan fingerprint density at radius 3 is 2.95 bits per heavy atom. The zero-order valence-electron chi connectivity index (χ0n) is 12.3. The van der Waals surface area contributed by atoms with Gasteiger partial charge in [-0.2, -0.15) is 0 Å². The number of carbonyl (C=O) groups is 2. The summed E-state index contributed by atoms with van der Waals surface area (Å²) < 4.78 is 0. The number of hydrogen-bond acceptors (Lipinski definition) is 3. The highest BCUT2D eigenvalue weighted by Gasteiger charge is 2.25. The fourth-order valence-corrected chi connectivity index (χ4v) is 2.63. The molecular weight excluding hydrogens is 268 g/mol. The van der Waals surface area contributed by atoms with Crippen LogP contribution in [0.2, 0.25) is 0 Å². The molecule has 0 aromatic heterocycles. The Kier molecular flexibility index (Phi) is 5.33. The maximum atomic E-state index is 12.0. The molecule has 1 aromatic rings. The average molecular weight is 290 g/mol. The number of benzene rings is 1. The summed E-state index contributed by atoms with van der Waals surface area (Å²) in [6.45, 7) is 3.51. The van der Waals surface area contributed by atoms with E-state index in [1.807, 2.05) is 19.1 Å². The lowest BCUT2D eigenvalue weighted by molar-refractivity contribution is -0.129. The molecule has 1 aromatic carbocycles. The van der Waals surface area contributed by atoms with E-state index >= 15 is 0 Å². The summed E-state index contributed by atoms with van der Waals surface area (Å²) in [6, 6.07) is 7.28. The zero-order valence-corrected chi connectivity index (χ0v) is 12.3. The van der Waals surface area contributed by atoms with Gasteiger partial charge in [0.05, 0.1) is 6.54 Å². The van der Waals surface area contributed by atoms with Crippen LogP contribution in [0.15, 0.2) is 24.3 Å². The number of aliphatic hydroxyl groups is 1. The van der Waals surface area contributed by atoms with E-state index in [4.69, 9.17) is 5.11 Å². The maximum Gasteiger partial charge on any atom is 0.251 e. The number of rotatable bonds is 5. The first-order valence-electron chi connectivity index (χ1n) is 7.33. The van der Waals surface area contributed by atoms with Crippen molar-refractivity contribution in [2.45, 2.75) is 19.8 Å². The topological polar surface area (TPSA) is 69.6 Å². The number of amides is 2. The first-order chi connectivity index (χ1) is 10.1. The van der Waals surface area contributed by atoms with Gasteiger partial charge in [0.2, 0.25) is 5.91 Å². The van der Waals surface area contributed by atoms with Gasteiger partial charge in [-0.05, 0) is 37.8 Å². The van der Waals surface area contributed by atoms with Crippen LogP contribution in [-0.4, -0.2) is 48.1 Å². The van der Waals surface area contributed by atoms with E-state index in [0.717, 1.165) is 18.4 Å². The van der Waals surface area contributed by atoms with Gasteiger partial charge in [0, 0.05) is 25.3 Å². The van der Waals surface area contributed by atoms with Crippen LogP contribution in [0.3, 0.4) is 0 Å². The molecule has 1 heterocycles. The summed E-state index contributed by atoms with van der Waals surface area (Å²) in [4.78, 5) is 25.8. The molecule has 0 aliphatic carbocycles. The molecule has 1 saturated heterocycles. The third kappa shape index (κ3) is 4.29. The average Bonchev–Trinajstić information content (AvgIpc) is 2.93. The van der Waals surface area contributed by atoms with Crippen molar-refractivity contribution in [1.29, 1.82) is 0 Å². The number of hydrogen-bond donors (Lipinski definition) is 2. The Labute approximate surface area is 125 Å². The van der Waals surface area contributed by atoms with Gasteiger partial charge in [-0.15, -0.1) is 0 Å². The number of aliphatic hydroxyl groups excluding tert-OH is 1. The Balaban J connectivity index is 1.80. The van der Waals surface area contributed by atoms with Gasteiger partial charge < -0.3 is 15.3 Å².